The van der Waals surface area contributed by atoms with Gasteiger partial charge in [0, 0.05) is 12.3 Å². The van der Waals surface area contributed by atoms with E-state index in [9.17, 15) is 9.59 Å². The fourth-order valence-electron chi connectivity index (χ4n) is 1.09. The van der Waals surface area contributed by atoms with E-state index < -0.39 is 12.0 Å². The Labute approximate surface area is 91.1 Å². The molecule has 0 spiro atoms. The van der Waals surface area contributed by atoms with Gasteiger partial charge in [0.05, 0.1) is 10.7 Å². The van der Waals surface area contributed by atoms with E-state index >= 15 is 0 Å². The quantitative estimate of drug-likeness (QED) is 0.804. The van der Waals surface area contributed by atoms with Crippen LogP contribution in [0.4, 0.5) is 0 Å². The zero-order valence-corrected chi connectivity index (χ0v) is 9.30. The van der Waals surface area contributed by atoms with Gasteiger partial charge in [0.15, 0.2) is 6.04 Å². The molecule has 5 nitrogen and oxygen atoms in total. The molecule has 0 aliphatic carbocycles. The summed E-state index contributed by atoms with van der Waals surface area (Å²) in [4.78, 5) is 25.8. The van der Waals surface area contributed by atoms with Crippen molar-refractivity contribution in [2.75, 3.05) is 0 Å². The number of rotatable bonds is 4. The first kappa shape index (κ1) is 11.6. The number of carbonyl (C=O) groups is 2. The van der Waals surface area contributed by atoms with E-state index in [1.807, 2.05) is 6.92 Å². The first-order valence-electron chi connectivity index (χ1n) is 4.48. The molecule has 0 aliphatic rings. The standard InChI is InChI=1S/C9H12N2O3S/c1-3-7-11-6(4-15-7)8(9(13)14)10-5(2)12/h4,8H,3H2,1-2H3,(H,10,12)(H,13,14). The SMILES string of the molecule is CCc1nc(C(NC(C)=O)C(=O)O)cs1. The van der Waals surface area contributed by atoms with E-state index in [0.717, 1.165) is 11.4 Å². The summed E-state index contributed by atoms with van der Waals surface area (Å²) in [5.41, 5.74) is 0.388. The van der Waals surface area contributed by atoms with Crippen molar-refractivity contribution in [3.63, 3.8) is 0 Å². The van der Waals surface area contributed by atoms with E-state index in [1.165, 1.54) is 18.3 Å². The Morgan fingerprint density at radius 3 is 2.73 bits per heavy atom. The highest BCUT2D eigenvalue weighted by molar-refractivity contribution is 7.09. The van der Waals surface area contributed by atoms with Crippen molar-refractivity contribution in [3.05, 3.63) is 16.1 Å². The molecule has 82 valence electrons. The summed E-state index contributed by atoms with van der Waals surface area (Å²) >= 11 is 1.40. The van der Waals surface area contributed by atoms with Gasteiger partial charge in [-0.15, -0.1) is 11.3 Å². The fourth-order valence-corrected chi connectivity index (χ4v) is 1.86. The zero-order chi connectivity index (χ0) is 11.4. The van der Waals surface area contributed by atoms with Crippen molar-refractivity contribution in [1.82, 2.24) is 10.3 Å². The normalized spacial score (nSPS) is 12.1. The highest BCUT2D eigenvalue weighted by Crippen LogP contribution is 2.17. The van der Waals surface area contributed by atoms with Crippen LogP contribution < -0.4 is 5.32 Å². The summed E-state index contributed by atoms with van der Waals surface area (Å²) in [6, 6.07) is -1.04. The predicted molar refractivity (Wildman–Crippen MR) is 55.7 cm³/mol. The molecular formula is C9H12N2O3S. The third-order valence-electron chi connectivity index (χ3n) is 1.76. The molecule has 0 aromatic carbocycles. The van der Waals surface area contributed by atoms with E-state index in [-0.39, 0.29) is 5.91 Å². The van der Waals surface area contributed by atoms with Crippen molar-refractivity contribution in [1.29, 1.82) is 0 Å². The van der Waals surface area contributed by atoms with Gasteiger partial charge in [-0.1, -0.05) is 6.92 Å². The summed E-state index contributed by atoms with van der Waals surface area (Å²) in [6.07, 6.45) is 0.761. The lowest BCUT2D eigenvalue weighted by Crippen LogP contribution is -2.32. The Kier molecular flexibility index (Phi) is 3.79. The molecule has 1 aromatic rings. The summed E-state index contributed by atoms with van der Waals surface area (Å²) in [6.45, 7) is 3.22. The molecule has 0 radical (unpaired) electrons. The number of nitrogens with zero attached hydrogens (tertiary/aromatic N) is 1. The smallest absolute Gasteiger partial charge is 0.332 e. The number of hydrogen-bond donors (Lipinski definition) is 2. The molecule has 0 aliphatic heterocycles. The zero-order valence-electron chi connectivity index (χ0n) is 8.48. The van der Waals surface area contributed by atoms with E-state index in [4.69, 9.17) is 5.11 Å². The summed E-state index contributed by atoms with van der Waals surface area (Å²) in [5.74, 6) is -1.48. The molecule has 1 heterocycles. The van der Waals surface area contributed by atoms with Crippen molar-refractivity contribution in [2.24, 2.45) is 0 Å². The Morgan fingerprint density at radius 1 is 1.67 bits per heavy atom. The van der Waals surface area contributed by atoms with Gasteiger partial charge >= 0.3 is 5.97 Å². The second-order valence-electron chi connectivity index (χ2n) is 2.99. The second-order valence-corrected chi connectivity index (χ2v) is 3.93. The molecule has 15 heavy (non-hydrogen) atoms. The van der Waals surface area contributed by atoms with Crippen LogP contribution in [0.25, 0.3) is 0 Å². The average molecular weight is 228 g/mol. The minimum Gasteiger partial charge on any atom is -0.479 e. The van der Waals surface area contributed by atoms with Gasteiger partial charge in [0.1, 0.15) is 0 Å². The van der Waals surface area contributed by atoms with Gasteiger partial charge in [-0.05, 0) is 6.42 Å². The number of carboxylic acids is 1. The van der Waals surface area contributed by atoms with Crippen LogP contribution in [-0.2, 0) is 16.0 Å². The molecule has 6 heteroatoms. The largest absolute Gasteiger partial charge is 0.479 e. The predicted octanol–water partition coefficient (Wildman–Crippen LogP) is 0.967. The number of nitrogens with one attached hydrogen (secondary N) is 1. The van der Waals surface area contributed by atoms with Gasteiger partial charge in [-0.2, -0.15) is 0 Å². The molecule has 1 rings (SSSR count). The number of hydrogen-bond acceptors (Lipinski definition) is 4. The third-order valence-corrected chi connectivity index (χ3v) is 2.77. The van der Waals surface area contributed by atoms with Crippen LogP contribution in [-0.4, -0.2) is 22.0 Å². The molecule has 0 saturated heterocycles. The second kappa shape index (κ2) is 4.88. The van der Waals surface area contributed by atoms with Gasteiger partial charge in [0.25, 0.3) is 0 Å². The Morgan fingerprint density at radius 2 is 2.33 bits per heavy atom. The lowest BCUT2D eigenvalue weighted by molar-refractivity contribution is -0.141. The molecule has 1 aromatic heterocycles. The van der Waals surface area contributed by atoms with E-state index in [1.54, 1.807) is 5.38 Å². The van der Waals surface area contributed by atoms with Crippen LogP contribution in [0, 0.1) is 0 Å². The monoisotopic (exact) mass is 228 g/mol. The minimum atomic E-state index is -1.10. The molecular weight excluding hydrogens is 216 g/mol. The number of carbonyl (C=O) groups excluding carboxylic acids is 1. The first-order chi connectivity index (χ1) is 7.04. The van der Waals surface area contributed by atoms with Crippen LogP contribution in [0.2, 0.25) is 0 Å². The number of aryl methyl sites for hydroxylation is 1. The maximum Gasteiger partial charge on any atom is 0.332 e. The lowest BCUT2D eigenvalue weighted by Gasteiger charge is -2.09. The molecule has 0 bridgehead atoms. The highest BCUT2D eigenvalue weighted by Gasteiger charge is 2.23. The Balaban J connectivity index is 2.88. The third kappa shape index (κ3) is 3.02. The molecule has 2 N–H and O–H groups in total. The van der Waals surface area contributed by atoms with Gasteiger partial charge in [-0.25, -0.2) is 9.78 Å². The topological polar surface area (TPSA) is 79.3 Å². The minimum absolute atomic E-state index is 0.381. The van der Waals surface area contributed by atoms with Crippen molar-refractivity contribution < 1.29 is 14.7 Å². The van der Waals surface area contributed by atoms with Gasteiger partial charge in [0.2, 0.25) is 5.91 Å². The highest BCUT2D eigenvalue weighted by atomic mass is 32.1. The van der Waals surface area contributed by atoms with E-state index in [0.29, 0.717) is 5.69 Å². The van der Waals surface area contributed by atoms with Crippen LogP contribution >= 0.6 is 11.3 Å². The number of aliphatic carboxylic acids is 1. The van der Waals surface area contributed by atoms with Gasteiger partial charge in [-0.3, -0.25) is 4.79 Å². The van der Waals surface area contributed by atoms with Crippen LogP contribution in [0.1, 0.15) is 30.6 Å². The number of carboxylic acid groups (broad SMARTS) is 1. The maximum absolute atomic E-state index is 10.9. The van der Waals surface area contributed by atoms with Crippen LogP contribution in [0.5, 0.6) is 0 Å². The maximum atomic E-state index is 10.9. The van der Waals surface area contributed by atoms with Crippen molar-refractivity contribution in [3.8, 4) is 0 Å². The summed E-state index contributed by atoms with van der Waals surface area (Å²) in [7, 11) is 0. The molecule has 1 atom stereocenters. The van der Waals surface area contributed by atoms with Crippen molar-refractivity contribution in [2.45, 2.75) is 26.3 Å². The molecule has 1 unspecified atom stereocenters. The Bertz CT molecular complexity index is 375. The fraction of sp³-hybridized carbons (Fsp3) is 0.444. The molecule has 0 saturated carbocycles. The number of aromatic nitrogens is 1. The lowest BCUT2D eigenvalue weighted by atomic mass is 10.2. The van der Waals surface area contributed by atoms with Crippen LogP contribution in [0.15, 0.2) is 5.38 Å². The summed E-state index contributed by atoms with van der Waals surface area (Å²) < 4.78 is 0. The van der Waals surface area contributed by atoms with E-state index in [2.05, 4.69) is 10.3 Å². The van der Waals surface area contributed by atoms with Crippen molar-refractivity contribution >= 4 is 23.2 Å². The van der Waals surface area contributed by atoms with Gasteiger partial charge < -0.3 is 10.4 Å². The molecule has 0 fully saturated rings. The number of amides is 1. The Hall–Kier alpha value is -1.43. The van der Waals surface area contributed by atoms with Crippen LogP contribution in [0.3, 0.4) is 0 Å². The molecule has 1 amide bonds. The number of thiazole rings is 1. The first-order valence-corrected chi connectivity index (χ1v) is 5.36. The average Bonchev–Trinajstić information content (AvgIpc) is 2.61. The summed E-state index contributed by atoms with van der Waals surface area (Å²) in [5, 5.41) is 13.8.